The molecule has 0 unspecified atom stereocenters. The summed E-state index contributed by atoms with van der Waals surface area (Å²) < 4.78 is 14.1. The van der Waals surface area contributed by atoms with Crippen LogP contribution in [0.1, 0.15) is 50.2 Å². The average molecular weight is 231 g/mol. The number of rotatable bonds is 2. The fourth-order valence-electron chi connectivity index (χ4n) is 2.85. The van der Waals surface area contributed by atoms with Crippen molar-refractivity contribution in [2.75, 3.05) is 0 Å². The first kappa shape index (κ1) is 12.1. The second-order valence-corrected chi connectivity index (χ2v) is 5.27. The molecular formula is C15H18FN. The van der Waals surface area contributed by atoms with E-state index in [0.29, 0.717) is 0 Å². The van der Waals surface area contributed by atoms with E-state index in [9.17, 15) is 4.39 Å². The summed E-state index contributed by atoms with van der Waals surface area (Å²) in [6, 6.07) is 7.35. The van der Waals surface area contributed by atoms with Gasteiger partial charge in [0.1, 0.15) is 5.82 Å². The van der Waals surface area contributed by atoms with Gasteiger partial charge in [0, 0.05) is 0 Å². The molecule has 2 rings (SSSR count). The van der Waals surface area contributed by atoms with Crippen LogP contribution in [0.5, 0.6) is 0 Å². The number of hydrogen-bond acceptors (Lipinski definition) is 1. The molecule has 1 aromatic rings. The second kappa shape index (κ2) is 4.87. The molecule has 1 saturated carbocycles. The molecule has 1 nitrogen and oxygen atoms in total. The van der Waals surface area contributed by atoms with Crippen molar-refractivity contribution in [3.05, 3.63) is 35.1 Å². The third-order valence-electron chi connectivity index (χ3n) is 3.92. The average Bonchev–Trinajstić information content (AvgIpc) is 2.30. The Hall–Kier alpha value is -1.36. The highest BCUT2D eigenvalue weighted by molar-refractivity contribution is 5.32. The van der Waals surface area contributed by atoms with Gasteiger partial charge in [-0.3, -0.25) is 0 Å². The minimum Gasteiger partial charge on any atom is -0.207 e. The summed E-state index contributed by atoms with van der Waals surface area (Å²) in [4.78, 5) is 0. The molecule has 0 heterocycles. The number of nitrogens with zero attached hydrogens (tertiary/aromatic N) is 1. The Kier molecular flexibility index (Phi) is 3.47. The zero-order valence-corrected chi connectivity index (χ0v) is 10.3. The normalized spacial score (nSPS) is 18.6. The van der Waals surface area contributed by atoms with Crippen LogP contribution in [0.2, 0.25) is 0 Å². The molecule has 2 heteroatoms. The highest BCUT2D eigenvalue weighted by Gasteiger charge is 2.31. The molecule has 0 spiro atoms. The van der Waals surface area contributed by atoms with Gasteiger partial charge in [-0.05, 0) is 35.4 Å². The van der Waals surface area contributed by atoms with Crippen molar-refractivity contribution < 1.29 is 4.39 Å². The molecule has 0 aliphatic heterocycles. The molecule has 0 aromatic heterocycles. The smallest absolute Gasteiger partial charge is 0.127 e. The van der Waals surface area contributed by atoms with Crippen molar-refractivity contribution in [3.63, 3.8) is 0 Å². The van der Waals surface area contributed by atoms with Gasteiger partial charge in [0.05, 0.1) is 12.5 Å². The minimum atomic E-state index is -0.137. The lowest BCUT2D eigenvalue weighted by Crippen LogP contribution is -2.26. The number of benzene rings is 1. The number of halogens is 1. The highest BCUT2D eigenvalue weighted by Crippen LogP contribution is 2.40. The van der Waals surface area contributed by atoms with Crippen LogP contribution in [0, 0.1) is 17.1 Å². The van der Waals surface area contributed by atoms with Crippen molar-refractivity contribution in [2.24, 2.45) is 0 Å². The van der Waals surface area contributed by atoms with E-state index in [4.69, 9.17) is 5.26 Å². The number of hydrogen-bond donors (Lipinski definition) is 0. The zero-order valence-electron chi connectivity index (χ0n) is 10.3. The van der Waals surface area contributed by atoms with Gasteiger partial charge >= 0.3 is 0 Å². The maximum absolute atomic E-state index is 14.1. The van der Waals surface area contributed by atoms with Crippen LogP contribution < -0.4 is 0 Å². The molecule has 0 saturated heterocycles. The molecule has 0 bridgehead atoms. The molecule has 17 heavy (non-hydrogen) atoms. The Morgan fingerprint density at radius 2 is 2.00 bits per heavy atom. The Balaban J connectivity index is 2.29. The summed E-state index contributed by atoms with van der Waals surface area (Å²) >= 11 is 0. The van der Waals surface area contributed by atoms with E-state index in [2.05, 4.69) is 13.0 Å². The third-order valence-corrected chi connectivity index (χ3v) is 3.92. The first-order valence-corrected chi connectivity index (χ1v) is 6.31. The molecule has 0 N–H and O–H groups in total. The van der Waals surface area contributed by atoms with E-state index in [1.807, 2.05) is 12.1 Å². The lowest BCUT2D eigenvalue weighted by molar-refractivity contribution is 0.309. The van der Waals surface area contributed by atoms with Gasteiger partial charge in [0.25, 0.3) is 0 Å². The quantitative estimate of drug-likeness (QED) is 0.751. The van der Waals surface area contributed by atoms with Crippen LogP contribution in [-0.2, 0) is 11.8 Å². The molecule has 0 atom stereocenters. The van der Waals surface area contributed by atoms with Gasteiger partial charge in [-0.15, -0.1) is 0 Å². The van der Waals surface area contributed by atoms with Crippen molar-refractivity contribution >= 4 is 0 Å². The predicted molar refractivity (Wildman–Crippen MR) is 66.2 cm³/mol. The largest absolute Gasteiger partial charge is 0.207 e. The van der Waals surface area contributed by atoms with E-state index in [1.165, 1.54) is 25.3 Å². The van der Waals surface area contributed by atoms with E-state index >= 15 is 0 Å². The van der Waals surface area contributed by atoms with Crippen LogP contribution in [0.3, 0.4) is 0 Å². The van der Waals surface area contributed by atoms with Crippen molar-refractivity contribution in [1.29, 1.82) is 5.26 Å². The molecule has 1 fully saturated rings. The van der Waals surface area contributed by atoms with Crippen LogP contribution in [0.15, 0.2) is 18.2 Å². The third kappa shape index (κ3) is 2.49. The fraction of sp³-hybridized carbons (Fsp3) is 0.533. The van der Waals surface area contributed by atoms with Crippen LogP contribution in [0.25, 0.3) is 0 Å². The summed E-state index contributed by atoms with van der Waals surface area (Å²) in [6.07, 6.45) is 6.08. The minimum absolute atomic E-state index is 0.00644. The summed E-state index contributed by atoms with van der Waals surface area (Å²) in [5.41, 5.74) is 1.60. The molecule has 0 amide bonds. The van der Waals surface area contributed by atoms with Gasteiger partial charge < -0.3 is 0 Å². The Morgan fingerprint density at radius 3 is 2.59 bits per heavy atom. The van der Waals surface area contributed by atoms with Crippen LogP contribution in [0.4, 0.5) is 4.39 Å². The standard InChI is InChI=1S/C15H18FN/c1-15(8-3-2-4-9-15)13-6-5-12(7-10-17)11-14(13)16/h5-6,11H,2-4,7-9H2,1H3. The van der Waals surface area contributed by atoms with Gasteiger partial charge in [0.15, 0.2) is 0 Å². The van der Waals surface area contributed by atoms with Gasteiger partial charge in [-0.2, -0.15) is 5.26 Å². The van der Waals surface area contributed by atoms with E-state index in [-0.39, 0.29) is 17.7 Å². The maximum Gasteiger partial charge on any atom is 0.127 e. The lowest BCUT2D eigenvalue weighted by Gasteiger charge is -2.34. The summed E-state index contributed by atoms with van der Waals surface area (Å²) in [5, 5.41) is 8.61. The SMILES string of the molecule is CC1(c2ccc(CC#N)cc2F)CCCCC1. The van der Waals surface area contributed by atoms with Crippen molar-refractivity contribution in [2.45, 2.75) is 50.9 Å². The Bertz CT molecular complexity index is 439. The first-order chi connectivity index (χ1) is 8.15. The van der Waals surface area contributed by atoms with Crippen LogP contribution >= 0.6 is 0 Å². The highest BCUT2D eigenvalue weighted by atomic mass is 19.1. The number of nitriles is 1. The summed E-state index contributed by atoms with van der Waals surface area (Å²) in [5.74, 6) is -0.137. The lowest BCUT2D eigenvalue weighted by atomic mass is 9.70. The predicted octanol–water partition coefficient (Wildman–Crippen LogP) is 4.11. The second-order valence-electron chi connectivity index (χ2n) is 5.27. The topological polar surface area (TPSA) is 23.8 Å². The Labute approximate surface area is 102 Å². The Morgan fingerprint density at radius 1 is 1.29 bits per heavy atom. The monoisotopic (exact) mass is 231 g/mol. The fourth-order valence-corrected chi connectivity index (χ4v) is 2.85. The molecular weight excluding hydrogens is 213 g/mol. The molecule has 1 aliphatic carbocycles. The van der Waals surface area contributed by atoms with Crippen molar-refractivity contribution in [1.82, 2.24) is 0 Å². The van der Waals surface area contributed by atoms with Gasteiger partial charge in [0.2, 0.25) is 0 Å². The molecule has 1 aromatic carbocycles. The molecule has 0 radical (unpaired) electrons. The van der Waals surface area contributed by atoms with Crippen LogP contribution in [-0.4, -0.2) is 0 Å². The molecule has 1 aliphatic rings. The molecule has 90 valence electrons. The van der Waals surface area contributed by atoms with E-state index in [1.54, 1.807) is 0 Å². The summed E-state index contributed by atoms with van der Waals surface area (Å²) in [7, 11) is 0. The summed E-state index contributed by atoms with van der Waals surface area (Å²) in [6.45, 7) is 2.16. The first-order valence-electron chi connectivity index (χ1n) is 6.31. The van der Waals surface area contributed by atoms with Crippen molar-refractivity contribution in [3.8, 4) is 6.07 Å². The maximum atomic E-state index is 14.1. The van der Waals surface area contributed by atoms with E-state index < -0.39 is 0 Å². The zero-order chi connectivity index (χ0) is 12.3. The van der Waals surface area contributed by atoms with Gasteiger partial charge in [-0.25, -0.2) is 4.39 Å². The van der Waals surface area contributed by atoms with E-state index in [0.717, 1.165) is 24.0 Å². The van der Waals surface area contributed by atoms with Gasteiger partial charge in [-0.1, -0.05) is 38.3 Å².